The lowest BCUT2D eigenvalue weighted by molar-refractivity contribution is 0.300. The van der Waals surface area contributed by atoms with Crippen molar-refractivity contribution in [1.82, 2.24) is 4.98 Å². The highest BCUT2D eigenvalue weighted by Crippen LogP contribution is 2.26. The van der Waals surface area contributed by atoms with Gasteiger partial charge in [-0.05, 0) is 56.0 Å². The first-order chi connectivity index (χ1) is 10.3. The van der Waals surface area contributed by atoms with E-state index in [4.69, 9.17) is 9.94 Å². The molecule has 0 spiro atoms. The molecule has 4 nitrogen and oxygen atoms in total. The monoisotopic (exact) mass is 282 g/mol. The summed E-state index contributed by atoms with van der Waals surface area (Å²) in [5.74, 6) is 0.778. The summed E-state index contributed by atoms with van der Waals surface area (Å²) >= 11 is 0. The number of nitrogens with zero attached hydrogens (tertiary/aromatic N) is 2. The summed E-state index contributed by atoms with van der Waals surface area (Å²) in [7, 11) is 0. The molecule has 0 amide bonds. The summed E-state index contributed by atoms with van der Waals surface area (Å²) in [6.07, 6.45) is 2.86. The van der Waals surface area contributed by atoms with Crippen LogP contribution < -0.4 is 4.74 Å². The molecule has 0 fully saturated rings. The minimum Gasteiger partial charge on any atom is -0.487 e. The number of benzene rings is 1. The van der Waals surface area contributed by atoms with E-state index < -0.39 is 0 Å². The van der Waals surface area contributed by atoms with Crippen molar-refractivity contribution >= 4 is 5.71 Å². The Labute approximate surface area is 124 Å². The fraction of sp³-hybridized carbons (Fsp3) is 0.294. The number of oxime groups is 1. The summed E-state index contributed by atoms with van der Waals surface area (Å²) in [6, 6.07) is 11.9. The lowest BCUT2D eigenvalue weighted by atomic mass is 9.90. The van der Waals surface area contributed by atoms with Crippen LogP contribution in [0.5, 0.6) is 5.75 Å². The molecule has 0 atom stereocenters. The van der Waals surface area contributed by atoms with E-state index in [0.29, 0.717) is 6.61 Å². The van der Waals surface area contributed by atoms with Crippen LogP contribution >= 0.6 is 0 Å². The number of pyridine rings is 1. The molecule has 0 saturated carbocycles. The van der Waals surface area contributed by atoms with Gasteiger partial charge in [-0.25, -0.2) is 0 Å². The minimum atomic E-state index is 0.437. The van der Waals surface area contributed by atoms with E-state index in [2.05, 4.69) is 16.2 Å². The number of rotatable bonds is 3. The second-order valence-electron chi connectivity index (χ2n) is 5.28. The van der Waals surface area contributed by atoms with E-state index in [1.54, 1.807) is 0 Å². The average molecular weight is 282 g/mol. The molecule has 1 aliphatic carbocycles. The van der Waals surface area contributed by atoms with Crippen LogP contribution in [-0.2, 0) is 13.0 Å². The third kappa shape index (κ3) is 3.05. The molecule has 0 aliphatic heterocycles. The first-order valence-corrected chi connectivity index (χ1v) is 7.16. The number of ether oxygens (including phenoxy) is 1. The third-order valence-corrected chi connectivity index (χ3v) is 3.71. The number of fused-ring (bicyclic) bond motifs is 1. The van der Waals surface area contributed by atoms with Gasteiger partial charge < -0.3 is 9.94 Å². The Morgan fingerprint density at radius 2 is 2.14 bits per heavy atom. The van der Waals surface area contributed by atoms with Crippen LogP contribution in [-0.4, -0.2) is 15.9 Å². The molecule has 1 aromatic heterocycles. The molecule has 1 aromatic carbocycles. The number of hydrogen-bond acceptors (Lipinski definition) is 4. The molecule has 1 heterocycles. The van der Waals surface area contributed by atoms with Gasteiger partial charge in [0.2, 0.25) is 0 Å². The van der Waals surface area contributed by atoms with Gasteiger partial charge in [0, 0.05) is 11.3 Å². The van der Waals surface area contributed by atoms with E-state index in [1.165, 1.54) is 5.56 Å². The van der Waals surface area contributed by atoms with Crippen LogP contribution in [0.25, 0.3) is 0 Å². The molecular weight excluding hydrogens is 264 g/mol. The summed E-state index contributed by atoms with van der Waals surface area (Å²) < 4.78 is 5.81. The Balaban J connectivity index is 1.78. The van der Waals surface area contributed by atoms with Crippen molar-refractivity contribution in [1.29, 1.82) is 0 Å². The highest BCUT2D eigenvalue weighted by Gasteiger charge is 2.16. The minimum absolute atomic E-state index is 0.437. The van der Waals surface area contributed by atoms with Crippen molar-refractivity contribution in [3.63, 3.8) is 0 Å². The van der Waals surface area contributed by atoms with Gasteiger partial charge >= 0.3 is 0 Å². The molecule has 0 saturated heterocycles. The summed E-state index contributed by atoms with van der Waals surface area (Å²) in [4.78, 5) is 4.42. The standard InChI is InChI=1S/C17H18N2O2/c1-12-4-2-6-14(18-12)11-21-15-9-8-13-5-3-7-17(19-20)16(13)10-15/h2,4,6,8-10,20H,3,5,7,11H2,1H3/b19-17-. The SMILES string of the molecule is Cc1cccc(COc2ccc3c(c2)/C(=N\O)CCC3)n1. The zero-order valence-corrected chi connectivity index (χ0v) is 12.0. The van der Waals surface area contributed by atoms with Crippen LogP contribution in [0, 0.1) is 6.92 Å². The highest BCUT2D eigenvalue weighted by molar-refractivity contribution is 6.02. The van der Waals surface area contributed by atoms with Crippen LogP contribution in [0.4, 0.5) is 0 Å². The van der Waals surface area contributed by atoms with Crippen molar-refractivity contribution in [3.05, 3.63) is 58.9 Å². The molecule has 21 heavy (non-hydrogen) atoms. The van der Waals surface area contributed by atoms with E-state index in [-0.39, 0.29) is 0 Å². The molecule has 1 aliphatic rings. The van der Waals surface area contributed by atoms with Gasteiger partial charge in [-0.3, -0.25) is 4.98 Å². The molecule has 4 heteroatoms. The van der Waals surface area contributed by atoms with Gasteiger partial charge in [0.25, 0.3) is 0 Å². The van der Waals surface area contributed by atoms with Gasteiger partial charge in [-0.2, -0.15) is 0 Å². The predicted molar refractivity (Wildman–Crippen MR) is 81.0 cm³/mol. The molecule has 0 radical (unpaired) electrons. The molecule has 0 bridgehead atoms. The predicted octanol–water partition coefficient (Wildman–Crippen LogP) is 3.48. The van der Waals surface area contributed by atoms with E-state index in [9.17, 15) is 0 Å². The lowest BCUT2D eigenvalue weighted by Gasteiger charge is -2.17. The van der Waals surface area contributed by atoms with Crippen molar-refractivity contribution in [2.24, 2.45) is 5.16 Å². The Morgan fingerprint density at radius 1 is 1.24 bits per heavy atom. The number of aromatic nitrogens is 1. The first kappa shape index (κ1) is 13.6. The first-order valence-electron chi connectivity index (χ1n) is 7.16. The lowest BCUT2D eigenvalue weighted by Crippen LogP contribution is -2.12. The quantitative estimate of drug-likeness (QED) is 0.692. The van der Waals surface area contributed by atoms with E-state index in [0.717, 1.165) is 47.7 Å². The Hall–Kier alpha value is -2.36. The van der Waals surface area contributed by atoms with Crippen molar-refractivity contribution in [2.75, 3.05) is 0 Å². The number of aryl methyl sites for hydroxylation is 2. The molecule has 0 unspecified atom stereocenters. The molecule has 2 aromatic rings. The topological polar surface area (TPSA) is 54.7 Å². The summed E-state index contributed by atoms with van der Waals surface area (Å²) in [6.45, 7) is 2.40. The largest absolute Gasteiger partial charge is 0.487 e. The van der Waals surface area contributed by atoms with Gasteiger partial charge in [0.05, 0.1) is 11.4 Å². The summed E-state index contributed by atoms with van der Waals surface area (Å²) in [5.41, 5.74) is 4.85. The maximum Gasteiger partial charge on any atom is 0.130 e. The van der Waals surface area contributed by atoms with Crippen LogP contribution in [0.15, 0.2) is 41.6 Å². The van der Waals surface area contributed by atoms with Crippen LogP contribution in [0.3, 0.4) is 0 Å². The van der Waals surface area contributed by atoms with E-state index >= 15 is 0 Å². The fourth-order valence-electron chi connectivity index (χ4n) is 2.65. The smallest absolute Gasteiger partial charge is 0.130 e. The van der Waals surface area contributed by atoms with Crippen molar-refractivity contribution < 1.29 is 9.94 Å². The molecule has 108 valence electrons. The fourth-order valence-corrected chi connectivity index (χ4v) is 2.65. The average Bonchev–Trinajstić information content (AvgIpc) is 2.52. The van der Waals surface area contributed by atoms with E-state index in [1.807, 2.05) is 37.3 Å². The molecule has 3 rings (SSSR count). The Bertz CT molecular complexity index is 680. The van der Waals surface area contributed by atoms with Crippen LogP contribution in [0.2, 0.25) is 0 Å². The van der Waals surface area contributed by atoms with Gasteiger partial charge in [-0.1, -0.05) is 17.3 Å². The molecular formula is C17H18N2O2. The zero-order chi connectivity index (χ0) is 14.7. The van der Waals surface area contributed by atoms with Gasteiger partial charge in [0.15, 0.2) is 0 Å². The maximum atomic E-state index is 9.10. The van der Waals surface area contributed by atoms with Crippen molar-refractivity contribution in [2.45, 2.75) is 32.8 Å². The normalized spacial score (nSPS) is 15.8. The highest BCUT2D eigenvalue weighted by atomic mass is 16.5. The second kappa shape index (κ2) is 5.95. The van der Waals surface area contributed by atoms with Gasteiger partial charge in [-0.15, -0.1) is 0 Å². The molecule has 1 N–H and O–H groups in total. The second-order valence-corrected chi connectivity index (χ2v) is 5.28. The number of hydrogen-bond donors (Lipinski definition) is 1. The Kier molecular flexibility index (Phi) is 3.86. The maximum absolute atomic E-state index is 9.10. The van der Waals surface area contributed by atoms with Crippen LogP contribution in [0.1, 0.15) is 35.4 Å². The summed E-state index contributed by atoms with van der Waals surface area (Å²) in [5, 5.41) is 12.5. The zero-order valence-electron chi connectivity index (χ0n) is 12.0. The van der Waals surface area contributed by atoms with Gasteiger partial charge in [0.1, 0.15) is 12.4 Å². The Morgan fingerprint density at radius 3 is 2.95 bits per heavy atom. The van der Waals surface area contributed by atoms with Crippen molar-refractivity contribution in [3.8, 4) is 5.75 Å². The third-order valence-electron chi connectivity index (χ3n) is 3.71.